The molecule has 1 aliphatic carbocycles. The molecule has 1 aromatic rings. The van der Waals surface area contributed by atoms with Crippen LogP contribution in [0.5, 0.6) is 5.75 Å². The largest absolute Gasteiger partial charge is 0.484 e. The van der Waals surface area contributed by atoms with Crippen LogP contribution in [0.3, 0.4) is 0 Å². The monoisotopic (exact) mass is 470 g/mol. The zero-order chi connectivity index (χ0) is 21.2. The van der Waals surface area contributed by atoms with Crippen molar-refractivity contribution in [2.24, 2.45) is 0 Å². The van der Waals surface area contributed by atoms with Crippen molar-refractivity contribution in [3.05, 3.63) is 28.7 Å². The molecule has 160 valence electrons. The predicted octanol–water partition coefficient (Wildman–Crippen LogP) is 2.46. The van der Waals surface area contributed by atoms with Gasteiger partial charge in [-0.3, -0.25) is 9.69 Å². The molecule has 1 saturated carbocycles. The van der Waals surface area contributed by atoms with Crippen LogP contribution in [0, 0.1) is 0 Å². The highest BCUT2D eigenvalue weighted by Gasteiger charge is 2.27. The van der Waals surface area contributed by atoms with Crippen LogP contribution < -0.4 is 4.74 Å². The number of hydrogen-bond acceptors (Lipinski definition) is 5. The third-order valence-electron chi connectivity index (χ3n) is 5.12. The van der Waals surface area contributed by atoms with E-state index in [1.807, 2.05) is 29.2 Å². The summed E-state index contributed by atoms with van der Waals surface area (Å²) in [4.78, 5) is 35.0. The Hall–Kier alpha value is -2.13. The van der Waals surface area contributed by atoms with Gasteiger partial charge >= 0.3 is 11.9 Å². The van der Waals surface area contributed by atoms with Crippen LogP contribution in [0.4, 0.5) is 0 Å². The van der Waals surface area contributed by atoms with E-state index in [9.17, 15) is 4.79 Å². The Balaban J connectivity index is 0.000000438. The Morgan fingerprint density at radius 2 is 1.48 bits per heavy atom. The Kier molecular flexibility index (Phi) is 9.40. The van der Waals surface area contributed by atoms with Crippen LogP contribution in [-0.4, -0.2) is 76.7 Å². The van der Waals surface area contributed by atoms with Crippen molar-refractivity contribution in [2.75, 3.05) is 32.8 Å². The number of rotatable bonds is 4. The zero-order valence-corrected chi connectivity index (χ0v) is 17.8. The first-order valence-electron chi connectivity index (χ1n) is 9.73. The third kappa shape index (κ3) is 8.02. The van der Waals surface area contributed by atoms with E-state index in [0.717, 1.165) is 42.4 Å². The number of carbonyl (C=O) groups excluding carboxylic acids is 1. The van der Waals surface area contributed by atoms with E-state index in [1.165, 1.54) is 32.1 Å². The lowest BCUT2D eigenvalue weighted by atomic mass is 9.94. The zero-order valence-electron chi connectivity index (χ0n) is 16.3. The van der Waals surface area contributed by atoms with Crippen molar-refractivity contribution in [1.29, 1.82) is 0 Å². The Morgan fingerprint density at radius 3 is 2.00 bits per heavy atom. The highest BCUT2D eigenvalue weighted by Crippen LogP contribution is 2.23. The van der Waals surface area contributed by atoms with Crippen molar-refractivity contribution in [1.82, 2.24) is 9.80 Å². The molecule has 0 unspecified atom stereocenters. The number of carbonyl (C=O) groups is 3. The average molecular weight is 471 g/mol. The van der Waals surface area contributed by atoms with Gasteiger partial charge in [-0.15, -0.1) is 0 Å². The van der Waals surface area contributed by atoms with Gasteiger partial charge in [0.05, 0.1) is 0 Å². The van der Waals surface area contributed by atoms with E-state index < -0.39 is 11.9 Å². The number of amides is 1. The number of ether oxygens (including phenoxy) is 1. The summed E-state index contributed by atoms with van der Waals surface area (Å²) in [6, 6.07) is 8.34. The minimum Gasteiger partial charge on any atom is -0.484 e. The quantitative estimate of drug-likeness (QED) is 0.650. The molecule has 1 aliphatic heterocycles. The van der Waals surface area contributed by atoms with E-state index in [4.69, 9.17) is 24.5 Å². The molecule has 0 bridgehead atoms. The van der Waals surface area contributed by atoms with Crippen LogP contribution in [0.15, 0.2) is 28.7 Å². The molecular weight excluding hydrogens is 444 g/mol. The summed E-state index contributed by atoms with van der Waals surface area (Å²) < 4.78 is 6.60. The lowest BCUT2D eigenvalue weighted by molar-refractivity contribution is -0.159. The molecular formula is C20H27BrN2O6. The number of carboxylic acid groups (broad SMARTS) is 2. The van der Waals surface area contributed by atoms with E-state index >= 15 is 0 Å². The van der Waals surface area contributed by atoms with Crippen LogP contribution >= 0.6 is 15.9 Å². The fourth-order valence-electron chi connectivity index (χ4n) is 3.55. The first-order chi connectivity index (χ1) is 13.9. The van der Waals surface area contributed by atoms with Gasteiger partial charge in [-0.25, -0.2) is 9.59 Å². The number of piperazine rings is 1. The third-order valence-corrected chi connectivity index (χ3v) is 5.65. The number of benzene rings is 1. The highest BCUT2D eigenvalue weighted by atomic mass is 79.9. The maximum absolute atomic E-state index is 12.3. The molecule has 1 aromatic carbocycles. The predicted molar refractivity (Wildman–Crippen MR) is 110 cm³/mol. The molecule has 0 spiro atoms. The first kappa shape index (κ1) is 23.2. The highest BCUT2D eigenvalue weighted by molar-refractivity contribution is 9.10. The van der Waals surface area contributed by atoms with Crippen molar-refractivity contribution in [3.8, 4) is 5.75 Å². The molecule has 1 heterocycles. The van der Waals surface area contributed by atoms with Crippen LogP contribution in [-0.2, 0) is 14.4 Å². The van der Waals surface area contributed by atoms with Gasteiger partial charge in [-0.2, -0.15) is 0 Å². The standard InChI is InChI=1S/C18H25BrN2O2.C2H2O4/c19-15-6-8-17(9-7-15)23-14-18(22)21-12-10-20(11-13-21)16-4-2-1-3-5-16;3-1(4)2(5)6/h6-9,16H,1-5,10-14H2;(H,3,4)(H,5,6). The molecule has 0 radical (unpaired) electrons. The topological polar surface area (TPSA) is 107 Å². The van der Waals surface area contributed by atoms with Gasteiger partial charge in [0.15, 0.2) is 6.61 Å². The lowest BCUT2D eigenvalue weighted by Crippen LogP contribution is -2.53. The van der Waals surface area contributed by atoms with Crippen LogP contribution in [0.1, 0.15) is 32.1 Å². The summed E-state index contributed by atoms with van der Waals surface area (Å²) in [5, 5.41) is 14.8. The van der Waals surface area contributed by atoms with Crippen LogP contribution in [0.2, 0.25) is 0 Å². The smallest absolute Gasteiger partial charge is 0.414 e. The van der Waals surface area contributed by atoms with Crippen molar-refractivity contribution in [2.45, 2.75) is 38.1 Å². The van der Waals surface area contributed by atoms with Crippen LogP contribution in [0.25, 0.3) is 0 Å². The van der Waals surface area contributed by atoms with E-state index in [2.05, 4.69) is 20.8 Å². The molecule has 2 fully saturated rings. The molecule has 1 saturated heterocycles. The fourth-order valence-corrected chi connectivity index (χ4v) is 3.81. The Labute approximate surface area is 178 Å². The minimum absolute atomic E-state index is 0.0937. The summed E-state index contributed by atoms with van der Waals surface area (Å²) in [5.41, 5.74) is 0. The van der Waals surface area contributed by atoms with Gasteiger partial charge in [0.2, 0.25) is 0 Å². The molecule has 2 N–H and O–H groups in total. The van der Waals surface area contributed by atoms with E-state index in [0.29, 0.717) is 0 Å². The molecule has 3 rings (SSSR count). The van der Waals surface area contributed by atoms with E-state index in [1.54, 1.807) is 0 Å². The fraction of sp³-hybridized carbons (Fsp3) is 0.550. The summed E-state index contributed by atoms with van der Waals surface area (Å²) in [7, 11) is 0. The molecule has 0 atom stereocenters. The molecule has 1 amide bonds. The summed E-state index contributed by atoms with van der Waals surface area (Å²) in [5.74, 6) is -2.82. The second kappa shape index (κ2) is 11.8. The van der Waals surface area contributed by atoms with Gasteiger partial charge in [0.1, 0.15) is 5.75 Å². The van der Waals surface area contributed by atoms with Crippen molar-refractivity contribution in [3.63, 3.8) is 0 Å². The molecule has 8 nitrogen and oxygen atoms in total. The van der Waals surface area contributed by atoms with E-state index in [-0.39, 0.29) is 12.5 Å². The summed E-state index contributed by atoms with van der Waals surface area (Å²) >= 11 is 3.39. The second-order valence-electron chi connectivity index (χ2n) is 7.06. The summed E-state index contributed by atoms with van der Waals surface area (Å²) in [6.07, 6.45) is 6.79. The number of hydrogen-bond donors (Lipinski definition) is 2. The number of nitrogens with zero attached hydrogens (tertiary/aromatic N) is 2. The maximum Gasteiger partial charge on any atom is 0.414 e. The SMILES string of the molecule is O=C(COc1ccc(Br)cc1)N1CCN(C2CCCCC2)CC1.O=C(O)C(=O)O. The Bertz CT molecular complexity index is 671. The number of aliphatic carboxylic acids is 2. The molecule has 29 heavy (non-hydrogen) atoms. The lowest BCUT2D eigenvalue weighted by Gasteiger charge is -2.40. The number of halogens is 1. The minimum atomic E-state index is -1.82. The van der Waals surface area contributed by atoms with Gasteiger partial charge in [-0.05, 0) is 37.1 Å². The van der Waals surface area contributed by atoms with Crippen molar-refractivity contribution < 1.29 is 29.3 Å². The molecule has 0 aromatic heterocycles. The van der Waals surface area contributed by atoms with Gasteiger partial charge < -0.3 is 19.8 Å². The maximum atomic E-state index is 12.3. The summed E-state index contributed by atoms with van der Waals surface area (Å²) in [6.45, 7) is 3.81. The van der Waals surface area contributed by atoms with Crippen molar-refractivity contribution >= 4 is 33.8 Å². The Morgan fingerprint density at radius 1 is 0.931 bits per heavy atom. The number of carboxylic acids is 2. The first-order valence-corrected chi connectivity index (χ1v) is 10.5. The van der Waals surface area contributed by atoms with Gasteiger partial charge in [-0.1, -0.05) is 35.2 Å². The second-order valence-corrected chi connectivity index (χ2v) is 7.98. The molecule has 9 heteroatoms. The van der Waals surface area contributed by atoms with Gasteiger partial charge in [0, 0.05) is 36.7 Å². The normalized spacial score (nSPS) is 17.8. The average Bonchev–Trinajstić information content (AvgIpc) is 2.74. The van der Waals surface area contributed by atoms with Gasteiger partial charge in [0.25, 0.3) is 5.91 Å². The molecule has 2 aliphatic rings.